The van der Waals surface area contributed by atoms with E-state index in [9.17, 15) is 8.78 Å². The van der Waals surface area contributed by atoms with E-state index in [0.29, 0.717) is 5.69 Å². The zero-order valence-electron chi connectivity index (χ0n) is 7.56. The minimum Gasteiger partial charge on any atom is -0.369 e. The fourth-order valence-corrected chi connectivity index (χ4v) is 1.87. The van der Waals surface area contributed by atoms with Crippen LogP contribution in [0.5, 0.6) is 0 Å². The van der Waals surface area contributed by atoms with Crippen LogP contribution in [-0.2, 0) is 0 Å². The van der Waals surface area contributed by atoms with Crippen molar-refractivity contribution in [2.45, 2.75) is 12.8 Å². The third kappa shape index (κ3) is 1.69. The highest BCUT2D eigenvalue weighted by Crippen LogP contribution is 2.28. The molecule has 0 aliphatic carbocycles. The van der Waals surface area contributed by atoms with Crippen molar-refractivity contribution in [3.63, 3.8) is 0 Å². The lowest BCUT2D eigenvalue weighted by Gasteiger charge is -2.18. The number of benzene rings is 1. The largest absolute Gasteiger partial charge is 0.369 e. The lowest BCUT2D eigenvalue weighted by atomic mass is 10.2. The quantitative estimate of drug-likeness (QED) is 0.653. The Morgan fingerprint density at radius 3 is 2.36 bits per heavy atom. The fraction of sp³-hybridized carbons (Fsp3) is 0.400. The highest BCUT2D eigenvalue weighted by molar-refractivity contribution is 6.31. The van der Waals surface area contributed by atoms with Crippen LogP contribution in [0.25, 0.3) is 0 Å². The lowest BCUT2D eigenvalue weighted by Crippen LogP contribution is -2.19. The molecule has 1 aliphatic rings. The molecule has 0 N–H and O–H groups in total. The first kappa shape index (κ1) is 9.71. The van der Waals surface area contributed by atoms with Gasteiger partial charge in [-0.15, -0.1) is 0 Å². The molecule has 0 atom stereocenters. The second-order valence-electron chi connectivity index (χ2n) is 3.41. The van der Waals surface area contributed by atoms with Crippen molar-refractivity contribution in [3.8, 4) is 0 Å². The van der Waals surface area contributed by atoms with Gasteiger partial charge in [0.1, 0.15) is 11.6 Å². The van der Waals surface area contributed by atoms with Gasteiger partial charge >= 0.3 is 0 Å². The standard InChI is InChI=1S/C10H10ClF2N/c11-7-5-10(9(13)6-8(7)12)14-3-1-2-4-14/h5-6H,1-4H2. The van der Waals surface area contributed by atoms with E-state index in [2.05, 4.69) is 0 Å². The van der Waals surface area contributed by atoms with E-state index in [4.69, 9.17) is 11.6 Å². The normalized spacial score (nSPS) is 16.4. The zero-order valence-corrected chi connectivity index (χ0v) is 8.32. The van der Waals surface area contributed by atoms with Crippen molar-refractivity contribution in [3.05, 3.63) is 28.8 Å². The maximum atomic E-state index is 13.3. The van der Waals surface area contributed by atoms with Gasteiger partial charge in [-0.1, -0.05) is 11.6 Å². The van der Waals surface area contributed by atoms with Gasteiger partial charge in [-0.3, -0.25) is 0 Å². The SMILES string of the molecule is Fc1cc(F)c(N2CCCC2)cc1Cl. The maximum Gasteiger partial charge on any atom is 0.149 e. The summed E-state index contributed by atoms with van der Waals surface area (Å²) in [5.74, 6) is -1.24. The van der Waals surface area contributed by atoms with E-state index >= 15 is 0 Å². The van der Waals surface area contributed by atoms with Gasteiger partial charge in [-0.25, -0.2) is 8.78 Å². The molecule has 0 radical (unpaired) electrons. The van der Waals surface area contributed by atoms with E-state index in [-0.39, 0.29) is 5.02 Å². The Hall–Kier alpha value is -0.830. The highest BCUT2D eigenvalue weighted by atomic mass is 35.5. The minimum absolute atomic E-state index is 0.0201. The number of nitrogens with zero attached hydrogens (tertiary/aromatic N) is 1. The van der Waals surface area contributed by atoms with Crippen molar-refractivity contribution in [1.29, 1.82) is 0 Å². The summed E-state index contributed by atoms with van der Waals surface area (Å²) < 4.78 is 26.2. The van der Waals surface area contributed by atoms with Gasteiger partial charge in [0.05, 0.1) is 10.7 Å². The number of anilines is 1. The van der Waals surface area contributed by atoms with Gasteiger partial charge in [0.25, 0.3) is 0 Å². The molecule has 1 aliphatic heterocycles. The molecule has 0 saturated carbocycles. The first-order valence-electron chi connectivity index (χ1n) is 4.58. The van der Waals surface area contributed by atoms with E-state index in [1.165, 1.54) is 6.07 Å². The predicted octanol–water partition coefficient (Wildman–Crippen LogP) is 3.22. The van der Waals surface area contributed by atoms with Gasteiger partial charge < -0.3 is 4.90 Å². The van der Waals surface area contributed by atoms with Crippen LogP contribution in [-0.4, -0.2) is 13.1 Å². The molecule has 1 aromatic rings. The first-order valence-corrected chi connectivity index (χ1v) is 4.96. The number of rotatable bonds is 1. The molecule has 1 heterocycles. The van der Waals surface area contributed by atoms with E-state index in [1.807, 2.05) is 4.90 Å². The summed E-state index contributed by atoms with van der Waals surface area (Å²) in [5, 5.41) is -0.0201. The van der Waals surface area contributed by atoms with Crippen LogP contribution in [0.15, 0.2) is 12.1 Å². The van der Waals surface area contributed by atoms with Crippen LogP contribution in [0, 0.1) is 11.6 Å². The summed E-state index contributed by atoms with van der Waals surface area (Å²) in [6, 6.07) is 2.20. The molecule has 1 nitrogen and oxygen atoms in total. The Labute approximate surface area is 86.3 Å². The van der Waals surface area contributed by atoms with Crippen molar-refractivity contribution in [2.75, 3.05) is 18.0 Å². The minimum atomic E-state index is -0.702. The third-order valence-corrected chi connectivity index (χ3v) is 2.73. The molecule has 2 rings (SSSR count). The summed E-state index contributed by atoms with van der Waals surface area (Å²) >= 11 is 5.60. The molecule has 4 heteroatoms. The molecule has 0 unspecified atom stereocenters. The molecule has 0 spiro atoms. The molecule has 1 aromatic carbocycles. The molecule has 0 aromatic heterocycles. The Balaban J connectivity index is 2.37. The Bertz CT molecular complexity index is 348. The summed E-state index contributed by atoms with van der Waals surface area (Å²) in [4.78, 5) is 1.89. The van der Waals surface area contributed by atoms with Crippen LogP contribution in [0.3, 0.4) is 0 Å². The molecular formula is C10H10ClF2N. The summed E-state index contributed by atoms with van der Waals surface area (Å²) in [6.07, 6.45) is 2.10. The van der Waals surface area contributed by atoms with Crippen molar-refractivity contribution in [2.24, 2.45) is 0 Å². The number of hydrogen-bond acceptors (Lipinski definition) is 1. The van der Waals surface area contributed by atoms with E-state index in [0.717, 1.165) is 32.0 Å². The summed E-state index contributed by atoms with van der Waals surface area (Å²) in [5.41, 5.74) is 0.411. The van der Waals surface area contributed by atoms with Crippen LogP contribution in [0.2, 0.25) is 5.02 Å². The number of hydrogen-bond donors (Lipinski definition) is 0. The average molecular weight is 218 g/mol. The second-order valence-corrected chi connectivity index (χ2v) is 3.82. The molecule has 1 saturated heterocycles. The molecule has 0 bridgehead atoms. The molecular weight excluding hydrogens is 208 g/mol. The average Bonchev–Trinajstić information content (AvgIpc) is 2.64. The third-order valence-electron chi connectivity index (χ3n) is 2.44. The lowest BCUT2D eigenvalue weighted by molar-refractivity contribution is 0.581. The Morgan fingerprint density at radius 1 is 1.07 bits per heavy atom. The maximum absolute atomic E-state index is 13.3. The van der Waals surface area contributed by atoms with Crippen molar-refractivity contribution >= 4 is 17.3 Å². The van der Waals surface area contributed by atoms with Gasteiger partial charge in [0.15, 0.2) is 0 Å². The monoisotopic (exact) mass is 217 g/mol. The Morgan fingerprint density at radius 2 is 1.71 bits per heavy atom. The fourth-order valence-electron chi connectivity index (χ4n) is 1.71. The van der Waals surface area contributed by atoms with Gasteiger partial charge in [-0.05, 0) is 18.9 Å². The van der Waals surface area contributed by atoms with Gasteiger partial charge in [0.2, 0.25) is 0 Å². The Kier molecular flexibility index (Phi) is 2.59. The van der Waals surface area contributed by atoms with Gasteiger partial charge in [0, 0.05) is 19.2 Å². The van der Waals surface area contributed by atoms with Crippen LogP contribution < -0.4 is 4.90 Å². The van der Waals surface area contributed by atoms with E-state index in [1.54, 1.807) is 0 Å². The van der Waals surface area contributed by atoms with Crippen molar-refractivity contribution in [1.82, 2.24) is 0 Å². The molecule has 1 fully saturated rings. The summed E-state index contributed by atoms with van der Waals surface area (Å²) in [7, 11) is 0. The number of halogens is 3. The predicted molar refractivity (Wildman–Crippen MR) is 52.8 cm³/mol. The smallest absolute Gasteiger partial charge is 0.149 e. The first-order chi connectivity index (χ1) is 6.68. The molecule has 76 valence electrons. The highest BCUT2D eigenvalue weighted by Gasteiger charge is 2.17. The van der Waals surface area contributed by atoms with Gasteiger partial charge in [-0.2, -0.15) is 0 Å². The van der Waals surface area contributed by atoms with Crippen LogP contribution in [0.4, 0.5) is 14.5 Å². The molecule has 14 heavy (non-hydrogen) atoms. The molecule has 0 amide bonds. The zero-order chi connectivity index (χ0) is 10.1. The van der Waals surface area contributed by atoms with E-state index < -0.39 is 11.6 Å². The topological polar surface area (TPSA) is 3.24 Å². The van der Waals surface area contributed by atoms with Crippen molar-refractivity contribution < 1.29 is 8.78 Å². The van der Waals surface area contributed by atoms with Crippen LogP contribution >= 0.6 is 11.6 Å². The van der Waals surface area contributed by atoms with Crippen LogP contribution in [0.1, 0.15) is 12.8 Å². The second kappa shape index (κ2) is 3.73. The summed E-state index contributed by atoms with van der Waals surface area (Å²) in [6.45, 7) is 1.64.